The third-order valence-electron chi connectivity index (χ3n) is 7.03. The van der Waals surface area contributed by atoms with Crippen LogP contribution in [0.3, 0.4) is 0 Å². The topological polar surface area (TPSA) is 211 Å². The Labute approximate surface area is 236 Å². The number of nitrogens with two attached hydrogens (primary N) is 1. The van der Waals surface area contributed by atoms with Crippen molar-refractivity contribution < 1.29 is 44.3 Å². The Morgan fingerprint density at radius 2 is 1.90 bits per heavy atom. The lowest BCUT2D eigenvalue weighted by Gasteiger charge is -2.35. The molecule has 3 aliphatic rings. The summed E-state index contributed by atoms with van der Waals surface area (Å²) < 4.78 is 11.6. The molecule has 2 saturated heterocycles. The number of nitrogens with zero attached hydrogens (tertiary/aromatic N) is 2. The van der Waals surface area contributed by atoms with Crippen molar-refractivity contribution in [1.29, 1.82) is 0 Å². The van der Waals surface area contributed by atoms with Gasteiger partial charge in [0, 0.05) is 55.4 Å². The Hall–Kier alpha value is -3.60. The molecule has 0 saturated carbocycles. The monoisotopic (exact) mass is 595 g/mol. The third kappa shape index (κ3) is 4.59. The summed E-state index contributed by atoms with van der Waals surface area (Å²) in [5.74, 6) is -0.521. The highest BCUT2D eigenvalue weighted by Crippen LogP contribution is 2.63. The molecular weight excluding hydrogens is 566 g/mol. The van der Waals surface area contributed by atoms with E-state index in [1.807, 2.05) is 4.90 Å². The minimum atomic E-state index is -1.09. The van der Waals surface area contributed by atoms with E-state index in [1.54, 1.807) is 6.92 Å². The Bertz CT molecular complexity index is 1360. The molecular formula is C24H29N5O9S2. The molecule has 4 heterocycles. The van der Waals surface area contributed by atoms with Gasteiger partial charge in [-0.2, -0.15) is 0 Å². The second kappa shape index (κ2) is 10.8. The molecule has 16 heteroatoms. The molecule has 14 nitrogen and oxygen atoms in total. The second-order valence-electron chi connectivity index (χ2n) is 9.28. The minimum Gasteiger partial charge on any atom is -0.505 e. The van der Waals surface area contributed by atoms with Gasteiger partial charge in [0.15, 0.2) is 5.72 Å². The van der Waals surface area contributed by atoms with Crippen molar-refractivity contribution in [3.63, 3.8) is 0 Å². The SMILES string of the molecule is CO[C@@]12C(=COC(N)=O)c3c(O)c(NCCSSCCC(=O)On4c(O)ccc4O)c(C)c(O)c3N1C[C@@H]1N[C@@H]12. The van der Waals surface area contributed by atoms with E-state index in [0.29, 0.717) is 57.4 Å². The van der Waals surface area contributed by atoms with Crippen LogP contribution in [-0.4, -0.2) is 86.7 Å². The van der Waals surface area contributed by atoms with Crippen LogP contribution in [-0.2, 0) is 14.3 Å². The van der Waals surface area contributed by atoms with Crippen LogP contribution in [0.1, 0.15) is 17.5 Å². The molecule has 1 amide bonds. The predicted molar refractivity (Wildman–Crippen MR) is 148 cm³/mol. The second-order valence-corrected chi connectivity index (χ2v) is 12.0. The van der Waals surface area contributed by atoms with E-state index in [9.17, 15) is 30.0 Å². The molecule has 1 aromatic heterocycles. The fourth-order valence-corrected chi connectivity index (χ4v) is 7.12. The van der Waals surface area contributed by atoms with E-state index >= 15 is 0 Å². The third-order valence-corrected chi connectivity index (χ3v) is 9.44. The van der Waals surface area contributed by atoms with E-state index in [0.717, 1.165) is 0 Å². The molecule has 0 radical (unpaired) electrons. The molecule has 40 heavy (non-hydrogen) atoms. The molecule has 0 spiro atoms. The maximum Gasteiger partial charge on any atom is 0.409 e. The molecule has 1 aromatic carbocycles. The zero-order valence-electron chi connectivity index (χ0n) is 21.5. The number of phenolic OH excluding ortho intramolecular Hbond substituents is 2. The van der Waals surface area contributed by atoms with Crippen LogP contribution in [0.15, 0.2) is 18.4 Å². The van der Waals surface area contributed by atoms with Crippen LogP contribution in [0.2, 0.25) is 0 Å². The van der Waals surface area contributed by atoms with Crippen molar-refractivity contribution >= 4 is 50.6 Å². The van der Waals surface area contributed by atoms with E-state index in [4.69, 9.17) is 20.0 Å². The summed E-state index contributed by atoms with van der Waals surface area (Å²) in [5.41, 5.74) is 5.95. The van der Waals surface area contributed by atoms with Crippen LogP contribution < -0.4 is 26.1 Å². The van der Waals surface area contributed by atoms with Crippen molar-refractivity contribution in [2.75, 3.05) is 41.9 Å². The number of carbonyl (C=O) groups excluding carboxylic acids is 2. The first-order valence-electron chi connectivity index (χ1n) is 12.2. The zero-order chi connectivity index (χ0) is 28.8. The van der Waals surface area contributed by atoms with Crippen LogP contribution in [0, 0.1) is 6.92 Å². The van der Waals surface area contributed by atoms with E-state index in [1.165, 1.54) is 47.1 Å². The number of anilines is 2. The van der Waals surface area contributed by atoms with Gasteiger partial charge in [0.05, 0.1) is 35.0 Å². The molecule has 8 N–H and O–H groups in total. The number of benzene rings is 1. The van der Waals surface area contributed by atoms with Crippen molar-refractivity contribution in [2.45, 2.75) is 31.2 Å². The number of aromatic hydroxyl groups is 4. The van der Waals surface area contributed by atoms with Gasteiger partial charge in [-0.15, -0.1) is 4.73 Å². The summed E-state index contributed by atoms with van der Waals surface area (Å²) >= 11 is 0. The highest BCUT2D eigenvalue weighted by atomic mass is 33.1. The number of methoxy groups -OCH3 is 1. The normalized spacial score (nSPS) is 23.1. The number of rotatable bonds is 11. The smallest absolute Gasteiger partial charge is 0.409 e. The minimum absolute atomic E-state index is 0.0270. The summed E-state index contributed by atoms with van der Waals surface area (Å²) in [5, 5.41) is 48.1. The Kier molecular flexibility index (Phi) is 7.52. The van der Waals surface area contributed by atoms with E-state index in [2.05, 4.69) is 10.6 Å². The highest BCUT2D eigenvalue weighted by Gasteiger charge is 2.69. The first kappa shape index (κ1) is 27.9. The Morgan fingerprint density at radius 1 is 1.20 bits per heavy atom. The van der Waals surface area contributed by atoms with Gasteiger partial charge in [-0.25, -0.2) is 9.59 Å². The predicted octanol–water partition coefficient (Wildman–Crippen LogP) is 1.41. The van der Waals surface area contributed by atoms with Gasteiger partial charge >= 0.3 is 12.1 Å². The number of ether oxygens (including phenoxy) is 2. The van der Waals surface area contributed by atoms with Crippen molar-refractivity contribution in [2.24, 2.45) is 5.73 Å². The molecule has 3 aliphatic heterocycles. The van der Waals surface area contributed by atoms with Crippen LogP contribution >= 0.6 is 21.6 Å². The molecule has 2 aromatic rings. The summed E-state index contributed by atoms with van der Waals surface area (Å²) in [6.45, 7) is 2.63. The van der Waals surface area contributed by atoms with Gasteiger partial charge in [0.1, 0.15) is 17.8 Å². The number of carbonyl (C=O) groups is 2. The number of hydrogen-bond donors (Lipinski definition) is 7. The molecule has 3 atom stereocenters. The van der Waals surface area contributed by atoms with Gasteiger partial charge in [-0.3, -0.25) is 0 Å². The molecule has 0 bridgehead atoms. The van der Waals surface area contributed by atoms with Crippen molar-refractivity contribution in [3.05, 3.63) is 29.5 Å². The summed E-state index contributed by atoms with van der Waals surface area (Å²) in [4.78, 5) is 30.1. The summed E-state index contributed by atoms with van der Waals surface area (Å²) in [6, 6.07) is 2.39. The summed E-state index contributed by atoms with van der Waals surface area (Å²) in [7, 11) is 4.43. The standard InChI is InChI=1S/C24H29N5O9S2/c1-11-18(26-6-8-40-39-7-5-16(32)38-29-14(30)3-4-15(29)31)21(34)17-12(10-37-23(25)35)24(36-2)22-13(27-22)9-28(24)19(17)20(11)33/h3-4,10,13,22,26-27,30-31,33-34H,5-9H2,1-2H3,(H2,25,35)/t13-,22-,24+/m0/s1. The van der Waals surface area contributed by atoms with Gasteiger partial charge in [0.25, 0.3) is 0 Å². The van der Waals surface area contributed by atoms with Crippen LogP contribution in [0.4, 0.5) is 16.2 Å². The first-order valence-corrected chi connectivity index (χ1v) is 14.7. The van der Waals surface area contributed by atoms with Gasteiger partial charge in [-0.1, -0.05) is 21.6 Å². The molecule has 2 fully saturated rings. The number of piperazine rings is 1. The highest BCUT2D eigenvalue weighted by molar-refractivity contribution is 8.76. The van der Waals surface area contributed by atoms with Gasteiger partial charge in [-0.05, 0) is 6.92 Å². The maximum absolute atomic E-state index is 11.9. The van der Waals surface area contributed by atoms with Crippen molar-refractivity contribution in [1.82, 2.24) is 10.0 Å². The Balaban J connectivity index is 1.22. The zero-order valence-corrected chi connectivity index (χ0v) is 23.2. The van der Waals surface area contributed by atoms with Crippen LogP contribution in [0.25, 0.3) is 5.57 Å². The van der Waals surface area contributed by atoms with Crippen molar-refractivity contribution in [3.8, 4) is 23.3 Å². The van der Waals surface area contributed by atoms with E-state index < -0.39 is 17.8 Å². The molecule has 0 unspecified atom stereocenters. The average Bonchev–Trinajstić information content (AvgIpc) is 3.41. The fraction of sp³-hybridized carbons (Fsp3) is 0.417. The van der Waals surface area contributed by atoms with E-state index in [-0.39, 0.29) is 41.8 Å². The van der Waals surface area contributed by atoms with Gasteiger partial charge < -0.3 is 56.0 Å². The number of aromatic nitrogens is 1. The van der Waals surface area contributed by atoms with Crippen LogP contribution in [0.5, 0.6) is 23.3 Å². The quantitative estimate of drug-likeness (QED) is 0.0489. The Morgan fingerprint density at radius 3 is 2.58 bits per heavy atom. The molecule has 5 rings (SSSR count). The lowest BCUT2D eigenvalue weighted by molar-refractivity contribution is -0.144. The molecule has 0 aliphatic carbocycles. The lowest BCUT2D eigenvalue weighted by Crippen LogP contribution is -2.50. The first-order chi connectivity index (χ1) is 19.1. The largest absolute Gasteiger partial charge is 0.505 e. The molecule has 216 valence electrons. The average molecular weight is 596 g/mol. The summed E-state index contributed by atoms with van der Waals surface area (Å²) in [6.07, 6.45) is 0.203. The number of fused-ring (bicyclic) bond motifs is 5. The fourth-order valence-electron chi connectivity index (χ4n) is 5.24. The lowest BCUT2D eigenvalue weighted by atomic mass is 9.94. The maximum atomic E-state index is 11.9. The number of phenols is 2. The number of amides is 1. The number of nitrogens with one attached hydrogen (secondary N) is 2. The van der Waals surface area contributed by atoms with Gasteiger partial charge in [0.2, 0.25) is 11.8 Å². The number of primary amides is 1. The number of hydrogen-bond acceptors (Lipinski definition) is 14.